The number of hydrogen-bond acceptors (Lipinski definition) is 3. The van der Waals surface area contributed by atoms with Crippen LogP contribution in [0.4, 0.5) is 4.39 Å². The molecule has 2 aromatic rings. The van der Waals surface area contributed by atoms with Gasteiger partial charge in [0.05, 0.1) is 6.54 Å². The predicted molar refractivity (Wildman–Crippen MR) is 96.3 cm³/mol. The largest absolute Gasteiger partial charge is 0.335 e. The molecule has 126 valence electrons. The summed E-state index contributed by atoms with van der Waals surface area (Å²) in [5.74, 6) is -0.159. The summed E-state index contributed by atoms with van der Waals surface area (Å²) in [5.41, 5.74) is 6.47. The molecule has 23 heavy (non-hydrogen) atoms. The van der Waals surface area contributed by atoms with Gasteiger partial charge >= 0.3 is 0 Å². The Hall–Kier alpha value is -1.43. The maximum absolute atomic E-state index is 13.0. The van der Waals surface area contributed by atoms with Gasteiger partial charge in [-0.1, -0.05) is 12.1 Å². The standard InChI is InChI=1S/C17H21FN2OS.ClH/c1-12(2)20(17(21)9-10-19)11-15-7-8-16(22-15)13-3-5-14(18)6-4-13;/h3-8,12H,9-11,19H2,1-2H3;1H. The molecule has 0 radical (unpaired) electrons. The predicted octanol–water partition coefficient (Wildman–Crippen LogP) is 4.06. The summed E-state index contributed by atoms with van der Waals surface area (Å²) in [6.07, 6.45) is 0.369. The van der Waals surface area contributed by atoms with Crippen LogP contribution in [0.2, 0.25) is 0 Å². The van der Waals surface area contributed by atoms with E-state index < -0.39 is 0 Å². The Bertz CT molecular complexity index is 628. The monoisotopic (exact) mass is 356 g/mol. The van der Waals surface area contributed by atoms with Crippen molar-refractivity contribution in [3.05, 3.63) is 47.1 Å². The molecule has 0 aliphatic heterocycles. The third kappa shape index (κ3) is 5.30. The van der Waals surface area contributed by atoms with Gasteiger partial charge in [-0.2, -0.15) is 0 Å². The molecule has 0 saturated carbocycles. The molecule has 1 aromatic heterocycles. The van der Waals surface area contributed by atoms with E-state index in [-0.39, 0.29) is 30.2 Å². The second-order valence-electron chi connectivity index (χ2n) is 5.43. The highest BCUT2D eigenvalue weighted by Crippen LogP contribution is 2.29. The van der Waals surface area contributed by atoms with Gasteiger partial charge in [-0.3, -0.25) is 4.79 Å². The van der Waals surface area contributed by atoms with Crippen LogP contribution < -0.4 is 5.73 Å². The van der Waals surface area contributed by atoms with E-state index in [0.29, 0.717) is 19.5 Å². The molecule has 0 aliphatic carbocycles. The number of nitrogens with two attached hydrogens (primary N) is 1. The SMILES string of the molecule is CC(C)N(Cc1ccc(-c2ccc(F)cc2)s1)C(=O)CCN.Cl. The second kappa shape index (κ2) is 9.01. The first-order chi connectivity index (χ1) is 10.5. The van der Waals surface area contributed by atoms with E-state index in [0.717, 1.165) is 15.3 Å². The van der Waals surface area contributed by atoms with Gasteiger partial charge in [0.25, 0.3) is 0 Å². The van der Waals surface area contributed by atoms with Gasteiger partial charge in [0.1, 0.15) is 5.82 Å². The lowest BCUT2D eigenvalue weighted by molar-refractivity contribution is -0.133. The van der Waals surface area contributed by atoms with Crippen molar-refractivity contribution in [1.82, 2.24) is 4.90 Å². The zero-order chi connectivity index (χ0) is 16.1. The van der Waals surface area contributed by atoms with Crippen molar-refractivity contribution in [2.45, 2.75) is 32.9 Å². The van der Waals surface area contributed by atoms with Crippen LogP contribution in [-0.2, 0) is 11.3 Å². The summed E-state index contributed by atoms with van der Waals surface area (Å²) in [5, 5.41) is 0. The van der Waals surface area contributed by atoms with E-state index >= 15 is 0 Å². The van der Waals surface area contributed by atoms with Crippen molar-refractivity contribution in [3.63, 3.8) is 0 Å². The summed E-state index contributed by atoms with van der Waals surface area (Å²) in [6, 6.07) is 10.6. The lowest BCUT2D eigenvalue weighted by Gasteiger charge is -2.26. The fraction of sp³-hybridized carbons (Fsp3) is 0.353. The molecule has 2 N–H and O–H groups in total. The number of halogens is 2. The van der Waals surface area contributed by atoms with Gasteiger partial charge in [-0.15, -0.1) is 23.7 Å². The molecule has 0 unspecified atom stereocenters. The van der Waals surface area contributed by atoms with E-state index in [2.05, 4.69) is 0 Å². The van der Waals surface area contributed by atoms with Crippen molar-refractivity contribution in [2.24, 2.45) is 5.73 Å². The molecule has 0 bridgehead atoms. The topological polar surface area (TPSA) is 46.3 Å². The summed E-state index contributed by atoms with van der Waals surface area (Å²) < 4.78 is 13.0. The normalized spacial score (nSPS) is 10.5. The Morgan fingerprint density at radius 2 is 1.87 bits per heavy atom. The second-order valence-corrected chi connectivity index (χ2v) is 6.60. The van der Waals surface area contributed by atoms with Crippen LogP contribution in [0, 0.1) is 5.82 Å². The zero-order valence-corrected chi connectivity index (χ0v) is 14.9. The molecule has 0 atom stereocenters. The Labute approximate surface area is 146 Å². The fourth-order valence-corrected chi connectivity index (χ4v) is 3.24. The molecule has 6 heteroatoms. The highest BCUT2D eigenvalue weighted by Gasteiger charge is 2.17. The van der Waals surface area contributed by atoms with E-state index in [1.165, 1.54) is 12.1 Å². The molecular formula is C17H22ClFN2OS. The van der Waals surface area contributed by atoms with Crippen LogP contribution in [0.3, 0.4) is 0 Å². The maximum Gasteiger partial charge on any atom is 0.224 e. The summed E-state index contributed by atoms with van der Waals surface area (Å²) in [6.45, 7) is 4.96. The Balaban J connectivity index is 0.00000264. The minimum absolute atomic E-state index is 0. The molecule has 0 fully saturated rings. The number of carbonyl (C=O) groups is 1. The summed E-state index contributed by atoms with van der Waals surface area (Å²) in [7, 11) is 0. The molecule has 2 rings (SSSR count). The van der Waals surface area contributed by atoms with Crippen molar-refractivity contribution in [3.8, 4) is 10.4 Å². The minimum Gasteiger partial charge on any atom is -0.335 e. The molecule has 1 amide bonds. The number of carbonyl (C=O) groups excluding carboxylic acids is 1. The quantitative estimate of drug-likeness (QED) is 0.848. The average Bonchev–Trinajstić information content (AvgIpc) is 2.94. The molecule has 3 nitrogen and oxygen atoms in total. The Kier molecular flexibility index (Phi) is 7.68. The number of hydrogen-bond donors (Lipinski definition) is 1. The summed E-state index contributed by atoms with van der Waals surface area (Å²) in [4.78, 5) is 16.1. The van der Waals surface area contributed by atoms with E-state index in [1.807, 2.05) is 30.9 Å². The van der Waals surface area contributed by atoms with Crippen LogP contribution >= 0.6 is 23.7 Å². The van der Waals surface area contributed by atoms with Gasteiger partial charge in [0.15, 0.2) is 0 Å². The number of rotatable bonds is 6. The van der Waals surface area contributed by atoms with E-state index in [4.69, 9.17) is 5.73 Å². The fourth-order valence-electron chi connectivity index (χ4n) is 2.23. The minimum atomic E-state index is -0.237. The van der Waals surface area contributed by atoms with Gasteiger partial charge in [0.2, 0.25) is 5.91 Å². The highest BCUT2D eigenvalue weighted by atomic mass is 35.5. The average molecular weight is 357 g/mol. The van der Waals surface area contributed by atoms with Crippen molar-refractivity contribution >= 4 is 29.7 Å². The van der Waals surface area contributed by atoms with Crippen molar-refractivity contribution in [1.29, 1.82) is 0 Å². The van der Waals surface area contributed by atoms with Crippen LogP contribution in [0.15, 0.2) is 36.4 Å². The van der Waals surface area contributed by atoms with Crippen LogP contribution in [-0.4, -0.2) is 23.4 Å². The lowest BCUT2D eigenvalue weighted by Crippen LogP contribution is -2.37. The van der Waals surface area contributed by atoms with Gasteiger partial charge in [-0.05, 0) is 43.7 Å². The third-order valence-electron chi connectivity index (χ3n) is 3.42. The molecule has 0 spiro atoms. The van der Waals surface area contributed by atoms with E-state index in [9.17, 15) is 9.18 Å². The number of benzene rings is 1. The zero-order valence-electron chi connectivity index (χ0n) is 13.3. The van der Waals surface area contributed by atoms with Gasteiger partial charge in [-0.25, -0.2) is 4.39 Å². The molecule has 0 aliphatic rings. The molecule has 0 saturated heterocycles. The summed E-state index contributed by atoms with van der Waals surface area (Å²) >= 11 is 1.63. The number of nitrogens with zero attached hydrogens (tertiary/aromatic N) is 1. The first-order valence-corrected chi connectivity index (χ1v) is 8.17. The first-order valence-electron chi connectivity index (χ1n) is 7.35. The van der Waals surface area contributed by atoms with Gasteiger partial charge < -0.3 is 10.6 Å². The maximum atomic E-state index is 13.0. The first kappa shape index (κ1) is 19.6. The number of amides is 1. The Morgan fingerprint density at radius 3 is 2.43 bits per heavy atom. The van der Waals surface area contributed by atoms with Crippen molar-refractivity contribution < 1.29 is 9.18 Å². The smallest absolute Gasteiger partial charge is 0.224 e. The highest BCUT2D eigenvalue weighted by molar-refractivity contribution is 7.15. The molecule has 1 aromatic carbocycles. The molecule has 1 heterocycles. The number of thiophene rings is 1. The lowest BCUT2D eigenvalue weighted by atomic mass is 10.2. The van der Waals surface area contributed by atoms with E-state index in [1.54, 1.807) is 23.5 Å². The van der Waals surface area contributed by atoms with Crippen molar-refractivity contribution in [2.75, 3.05) is 6.54 Å². The van der Waals surface area contributed by atoms with Gasteiger partial charge in [0, 0.05) is 28.8 Å². The molecular weight excluding hydrogens is 335 g/mol. The van der Waals surface area contributed by atoms with Crippen LogP contribution in [0.25, 0.3) is 10.4 Å². The van der Waals surface area contributed by atoms with Crippen LogP contribution in [0.1, 0.15) is 25.1 Å². The third-order valence-corrected chi connectivity index (χ3v) is 4.54. The van der Waals surface area contributed by atoms with Crippen LogP contribution in [0.5, 0.6) is 0 Å². The Morgan fingerprint density at radius 1 is 1.22 bits per heavy atom.